The monoisotopic (exact) mass is 188 g/mol. The second-order valence-electron chi connectivity index (χ2n) is 4.02. The van der Waals surface area contributed by atoms with Crippen LogP contribution in [0.1, 0.15) is 5.56 Å². The minimum absolute atomic E-state index is 1.00. The Hall–Kier alpha value is -1.28. The fourth-order valence-electron chi connectivity index (χ4n) is 1.89. The Kier molecular flexibility index (Phi) is 2.30. The van der Waals surface area contributed by atoms with E-state index in [4.69, 9.17) is 0 Å². The topological polar surface area (TPSA) is 8.17 Å². The van der Waals surface area contributed by atoms with E-state index in [0.717, 1.165) is 6.54 Å². The highest BCUT2D eigenvalue weighted by Crippen LogP contribution is 2.20. The fourth-order valence-corrected chi connectivity index (χ4v) is 1.89. The maximum Gasteiger partial charge on any atom is 0.0481 e. The molecule has 0 aliphatic carbocycles. The second-order valence-corrected chi connectivity index (χ2v) is 4.02. The highest BCUT2D eigenvalue weighted by atomic mass is 15.1. The van der Waals surface area contributed by atoms with E-state index in [1.54, 1.807) is 0 Å². The number of rotatable bonds is 2. The first-order chi connectivity index (χ1) is 6.68. The first-order valence-electron chi connectivity index (χ1n) is 4.86. The van der Waals surface area contributed by atoms with E-state index < -0.39 is 0 Å². The lowest BCUT2D eigenvalue weighted by Crippen LogP contribution is -2.10. The fraction of sp³-hybridized carbons (Fsp3) is 0.333. The highest BCUT2D eigenvalue weighted by molar-refractivity contribution is 5.83. The number of fused-ring (bicyclic) bond motifs is 1. The Bertz CT molecular complexity index is 441. The molecule has 0 bridgehead atoms. The first kappa shape index (κ1) is 9.28. The second kappa shape index (κ2) is 3.46. The van der Waals surface area contributed by atoms with Crippen LogP contribution in [0.4, 0.5) is 0 Å². The van der Waals surface area contributed by atoms with E-state index in [-0.39, 0.29) is 0 Å². The number of hydrogen-bond acceptors (Lipinski definition) is 1. The van der Waals surface area contributed by atoms with Gasteiger partial charge in [-0.05, 0) is 25.7 Å². The van der Waals surface area contributed by atoms with Crippen molar-refractivity contribution in [3.8, 4) is 0 Å². The number of hydrogen-bond donors (Lipinski definition) is 0. The average Bonchev–Trinajstić information content (AvgIpc) is 2.44. The summed E-state index contributed by atoms with van der Waals surface area (Å²) >= 11 is 0. The van der Waals surface area contributed by atoms with E-state index in [1.165, 1.54) is 16.5 Å². The molecule has 0 saturated carbocycles. The van der Waals surface area contributed by atoms with Gasteiger partial charge in [-0.15, -0.1) is 0 Å². The molecule has 74 valence electrons. The van der Waals surface area contributed by atoms with Crippen molar-refractivity contribution in [1.82, 2.24) is 9.47 Å². The summed E-state index contributed by atoms with van der Waals surface area (Å²) in [5.41, 5.74) is 2.71. The van der Waals surface area contributed by atoms with Crippen LogP contribution in [0.2, 0.25) is 0 Å². The van der Waals surface area contributed by atoms with Crippen LogP contribution in [0, 0.1) is 0 Å². The normalized spacial score (nSPS) is 11.4. The van der Waals surface area contributed by atoms with Gasteiger partial charge < -0.3 is 9.47 Å². The van der Waals surface area contributed by atoms with Gasteiger partial charge in [-0.1, -0.05) is 18.2 Å². The first-order valence-corrected chi connectivity index (χ1v) is 4.86. The van der Waals surface area contributed by atoms with E-state index >= 15 is 0 Å². The van der Waals surface area contributed by atoms with Gasteiger partial charge in [0.05, 0.1) is 0 Å². The maximum absolute atomic E-state index is 2.21. The van der Waals surface area contributed by atoms with Crippen molar-refractivity contribution >= 4 is 10.9 Å². The molecule has 0 atom stereocenters. The molecule has 0 unspecified atom stereocenters. The summed E-state index contributed by atoms with van der Waals surface area (Å²) in [4.78, 5) is 2.20. The maximum atomic E-state index is 2.21. The Labute approximate surface area is 84.8 Å². The zero-order valence-electron chi connectivity index (χ0n) is 8.99. The minimum atomic E-state index is 1.00. The highest BCUT2D eigenvalue weighted by Gasteiger charge is 2.05. The number of para-hydroxylation sites is 1. The van der Waals surface area contributed by atoms with Gasteiger partial charge in [-0.2, -0.15) is 0 Å². The molecule has 1 aromatic carbocycles. The molecular weight excluding hydrogens is 172 g/mol. The third-order valence-corrected chi connectivity index (χ3v) is 2.47. The van der Waals surface area contributed by atoms with Gasteiger partial charge in [0.2, 0.25) is 0 Å². The largest absolute Gasteiger partial charge is 0.350 e. The number of aryl methyl sites for hydroxylation is 1. The molecule has 0 saturated heterocycles. The van der Waals surface area contributed by atoms with Crippen molar-refractivity contribution < 1.29 is 0 Å². The van der Waals surface area contributed by atoms with Gasteiger partial charge in [0.1, 0.15) is 0 Å². The van der Waals surface area contributed by atoms with E-state index in [0.29, 0.717) is 0 Å². The molecule has 14 heavy (non-hydrogen) atoms. The molecule has 0 spiro atoms. The smallest absolute Gasteiger partial charge is 0.0481 e. The summed E-state index contributed by atoms with van der Waals surface area (Å²) in [6, 6.07) is 8.53. The summed E-state index contributed by atoms with van der Waals surface area (Å²) < 4.78 is 2.19. The van der Waals surface area contributed by atoms with Crippen LogP contribution in [0.15, 0.2) is 30.5 Å². The molecule has 0 amide bonds. The van der Waals surface area contributed by atoms with Crippen molar-refractivity contribution in [1.29, 1.82) is 0 Å². The van der Waals surface area contributed by atoms with Crippen LogP contribution < -0.4 is 0 Å². The predicted octanol–water partition coefficient (Wildman–Crippen LogP) is 2.24. The van der Waals surface area contributed by atoms with Crippen LogP contribution in [0.25, 0.3) is 10.9 Å². The molecule has 1 aromatic heterocycles. The standard InChI is InChI=1S/C12H16N2/c1-13(2)8-10-9-14(3)12-7-5-4-6-11(10)12/h4-7,9H,8H2,1-3H3. The molecule has 2 aromatic rings. The zero-order valence-corrected chi connectivity index (χ0v) is 8.99. The molecule has 1 heterocycles. The lowest BCUT2D eigenvalue weighted by Gasteiger charge is -2.07. The Morgan fingerprint density at radius 3 is 2.64 bits per heavy atom. The quantitative estimate of drug-likeness (QED) is 0.701. The van der Waals surface area contributed by atoms with Gasteiger partial charge in [-0.3, -0.25) is 0 Å². The third kappa shape index (κ3) is 1.53. The predicted molar refractivity (Wildman–Crippen MR) is 60.3 cm³/mol. The van der Waals surface area contributed by atoms with Crippen molar-refractivity contribution in [3.63, 3.8) is 0 Å². The van der Waals surface area contributed by atoms with Gasteiger partial charge in [-0.25, -0.2) is 0 Å². The molecular formula is C12H16N2. The van der Waals surface area contributed by atoms with Crippen molar-refractivity contribution in [2.75, 3.05) is 14.1 Å². The SMILES string of the molecule is CN(C)Cc1cn(C)c2ccccc12. The van der Waals surface area contributed by atoms with Crippen LogP contribution in [-0.4, -0.2) is 23.6 Å². The summed E-state index contributed by atoms with van der Waals surface area (Å²) in [5, 5.41) is 1.36. The Morgan fingerprint density at radius 1 is 1.21 bits per heavy atom. The van der Waals surface area contributed by atoms with Gasteiger partial charge in [0, 0.05) is 30.7 Å². The zero-order chi connectivity index (χ0) is 10.1. The van der Waals surface area contributed by atoms with E-state index in [9.17, 15) is 0 Å². The molecule has 0 radical (unpaired) electrons. The van der Waals surface area contributed by atoms with Gasteiger partial charge in [0.15, 0.2) is 0 Å². The number of nitrogens with zero attached hydrogens (tertiary/aromatic N) is 2. The summed E-state index contributed by atoms with van der Waals surface area (Å²) in [6.07, 6.45) is 2.21. The average molecular weight is 188 g/mol. The molecule has 0 N–H and O–H groups in total. The number of benzene rings is 1. The molecule has 0 aliphatic rings. The van der Waals surface area contributed by atoms with Gasteiger partial charge >= 0.3 is 0 Å². The third-order valence-electron chi connectivity index (χ3n) is 2.47. The van der Waals surface area contributed by atoms with Crippen molar-refractivity contribution in [2.24, 2.45) is 7.05 Å². The van der Waals surface area contributed by atoms with Crippen LogP contribution in [0.5, 0.6) is 0 Å². The van der Waals surface area contributed by atoms with Crippen LogP contribution in [-0.2, 0) is 13.6 Å². The summed E-state index contributed by atoms with van der Waals surface area (Å²) in [5.74, 6) is 0. The lowest BCUT2D eigenvalue weighted by molar-refractivity contribution is 0.404. The van der Waals surface area contributed by atoms with Gasteiger partial charge in [0.25, 0.3) is 0 Å². The van der Waals surface area contributed by atoms with Crippen molar-refractivity contribution in [2.45, 2.75) is 6.54 Å². The van der Waals surface area contributed by atoms with Crippen LogP contribution in [0.3, 0.4) is 0 Å². The molecule has 2 rings (SSSR count). The molecule has 2 heteroatoms. The molecule has 0 fully saturated rings. The summed E-state index contributed by atoms with van der Waals surface area (Å²) in [6.45, 7) is 1.00. The number of aromatic nitrogens is 1. The molecule has 2 nitrogen and oxygen atoms in total. The van der Waals surface area contributed by atoms with E-state index in [1.807, 2.05) is 0 Å². The lowest BCUT2D eigenvalue weighted by atomic mass is 10.2. The van der Waals surface area contributed by atoms with Crippen LogP contribution >= 0.6 is 0 Å². The molecule has 0 aliphatic heterocycles. The van der Waals surface area contributed by atoms with Crippen molar-refractivity contribution in [3.05, 3.63) is 36.0 Å². The minimum Gasteiger partial charge on any atom is -0.350 e. The summed E-state index contributed by atoms with van der Waals surface area (Å²) in [7, 11) is 6.30. The van der Waals surface area contributed by atoms with E-state index in [2.05, 4.69) is 61.1 Å². The Morgan fingerprint density at radius 2 is 1.93 bits per heavy atom. The Balaban J connectivity index is 2.55.